The molecule has 104 valence electrons. The van der Waals surface area contributed by atoms with Crippen molar-refractivity contribution in [3.05, 3.63) is 46.7 Å². The average molecular weight is 336 g/mol. The van der Waals surface area contributed by atoms with Crippen LogP contribution in [0, 0.1) is 0 Å². The molecule has 20 heavy (non-hydrogen) atoms. The Morgan fingerprint density at radius 2 is 1.90 bits per heavy atom. The monoisotopic (exact) mass is 335 g/mol. The fraction of sp³-hybridized carbons (Fsp3) is 0.154. The van der Waals surface area contributed by atoms with E-state index in [4.69, 9.17) is 11.5 Å². The van der Waals surface area contributed by atoms with Crippen molar-refractivity contribution in [1.29, 1.82) is 0 Å². The summed E-state index contributed by atoms with van der Waals surface area (Å²) in [4.78, 5) is 21.2. The summed E-state index contributed by atoms with van der Waals surface area (Å²) in [5.74, 6) is -0.0266. The van der Waals surface area contributed by atoms with Crippen LogP contribution in [0.2, 0.25) is 0 Å². The Kier molecular flexibility index (Phi) is 4.52. The van der Waals surface area contributed by atoms with E-state index in [1.54, 1.807) is 23.4 Å². The van der Waals surface area contributed by atoms with Crippen LogP contribution in [0.4, 0.5) is 11.6 Å². The third kappa shape index (κ3) is 3.67. The van der Waals surface area contributed by atoms with Crippen LogP contribution in [0.1, 0.15) is 5.56 Å². The van der Waals surface area contributed by atoms with Gasteiger partial charge in [0.2, 0.25) is 11.9 Å². The lowest BCUT2D eigenvalue weighted by Gasteiger charge is -2.21. The normalized spacial score (nSPS) is 10.2. The third-order valence-corrected chi connectivity index (χ3v) is 3.06. The average Bonchev–Trinajstić information content (AvgIpc) is 2.41. The molecule has 1 aromatic carbocycles. The van der Waals surface area contributed by atoms with E-state index in [9.17, 15) is 4.79 Å². The molecule has 1 amide bonds. The number of hydrogen-bond acceptors (Lipinski definition) is 5. The molecule has 0 bridgehead atoms. The van der Waals surface area contributed by atoms with Gasteiger partial charge in [0.15, 0.2) is 0 Å². The van der Waals surface area contributed by atoms with Crippen molar-refractivity contribution < 1.29 is 4.79 Å². The molecular weight excluding hydrogens is 322 g/mol. The number of nitrogen functional groups attached to an aromatic ring is 1. The lowest BCUT2D eigenvalue weighted by Crippen LogP contribution is -2.34. The molecule has 0 aliphatic heterocycles. The summed E-state index contributed by atoms with van der Waals surface area (Å²) in [6.07, 6.45) is 3.23. The number of nitrogens with zero attached hydrogens (tertiary/aromatic N) is 3. The number of para-hydroxylation sites is 1. The summed E-state index contributed by atoms with van der Waals surface area (Å²) in [6.45, 7) is 0.438. The first-order valence-corrected chi connectivity index (χ1v) is 6.69. The number of halogens is 1. The SMILES string of the molecule is NC(=O)CN(Cc1ccccc1N)c1ncc(Br)cn1. The van der Waals surface area contributed by atoms with Crippen molar-refractivity contribution in [2.45, 2.75) is 6.54 Å². The largest absolute Gasteiger partial charge is 0.398 e. The van der Waals surface area contributed by atoms with Gasteiger partial charge in [-0.05, 0) is 27.6 Å². The van der Waals surface area contributed by atoms with Gasteiger partial charge in [-0.2, -0.15) is 0 Å². The number of anilines is 2. The number of aromatic nitrogens is 2. The van der Waals surface area contributed by atoms with Gasteiger partial charge in [-0.15, -0.1) is 0 Å². The van der Waals surface area contributed by atoms with Crippen LogP contribution < -0.4 is 16.4 Å². The standard InChI is InChI=1S/C13H14BrN5O/c14-10-5-17-13(18-6-10)19(8-12(16)20)7-9-3-1-2-4-11(9)15/h1-6H,7-8,15H2,(H2,16,20). The Balaban J connectivity index is 2.26. The number of hydrogen-bond donors (Lipinski definition) is 2. The zero-order valence-electron chi connectivity index (χ0n) is 10.7. The third-order valence-electron chi connectivity index (χ3n) is 2.65. The molecule has 0 atom stereocenters. The minimum absolute atomic E-state index is 0.0238. The minimum Gasteiger partial charge on any atom is -0.398 e. The molecule has 6 nitrogen and oxygen atoms in total. The van der Waals surface area contributed by atoms with Crippen molar-refractivity contribution in [2.24, 2.45) is 5.73 Å². The second-order valence-electron chi connectivity index (χ2n) is 4.22. The lowest BCUT2D eigenvalue weighted by atomic mass is 10.1. The lowest BCUT2D eigenvalue weighted by molar-refractivity contribution is -0.116. The molecule has 0 saturated carbocycles. The summed E-state index contributed by atoms with van der Waals surface area (Å²) in [5, 5.41) is 0. The second-order valence-corrected chi connectivity index (χ2v) is 5.14. The summed E-state index contributed by atoms with van der Waals surface area (Å²) in [5.41, 5.74) is 12.7. The van der Waals surface area contributed by atoms with Gasteiger partial charge in [-0.25, -0.2) is 9.97 Å². The molecule has 0 aliphatic carbocycles. The van der Waals surface area contributed by atoms with Gasteiger partial charge >= 0.3 is 0 Å². The van der Waals surface area contributed by atoms with E-state index in [1.165, 1.54) is 0 Å². The molecule has 0 spiro atoms. The van der Waals surface area contributed by atoms with Gasteiger partial charge in [0.1, 0.15) is 0 Å². The van der Waals surface area contributed by atoms with Gasteiger partial charge in [0.05, 0.1) is 11.0 Å². The molecule has 4 N–H and O–H groups in total. The Hall–Kier alpha value is -2.15. The van der Waals surface area contributed by atoms with Gasteiger partial charge in [-0.3, -0.25) is 4.79 Å². The Morgan fingerprint density at radius 3 is 2.50 bits per heavy atom. The van der Waals surface area contributed by atoms with E-state index in [-0.39, 0.29) is 6.54 Å². The van der Waals surface area contributed by atoms with Crippen LogP contribution in [0.3, 0.4) is 0 Å². The van der Waals surface area contributed by atoms with E-state index in [0.717, 1.165) is 10.0 Å². The number of nitrogens with two attached hydrogens (primary N) is 2. The molecule has 0 unspecified atom stereocenters. The molecule has 7 heteroatoms. The highest BCUT2D eigenvalue weighted by Gasteiger charge is 2.14. The molecule has 0 saturated heterocycles. The zero-order valence-corrected chi connectivity index (χ0v) is 12.2. The predicted octanol–water partition coefficient (Wildman–Crippen LogP) is 1.31. The summed E-state index contributed by atoms with van der Waals surface area (Å²) >= 11 is 3.27. The van der Waals surface area contributed by atoms with E-state index >= 15 is 0 Å². The van der Waals surface area contributed by atoms with Gasteiger partial charge in [-0.1, -0.05) is 18.2 Å². The highest BCUT2D eigenvalue weighted by molar-refractivity contribution is 9.10. The summed E-state index contributed by atoms with van der Waals surface area (Å²) < 4.78 is 0.763. The van der Waals surface area contributed by atoms with Crippen LogP contribution in [0.25, 0.3) is 0 Å². The second kappa shape index (κ2) is 6.33. The van der Waals surface area contributed by atoms with Crippen LogP contribution in [0.15, 0.2) is 41.1 Å². The number of benzene rings is 1. The first-order chi connectivity index (χ1) is 9.56. The van der Waals surface area contributed by atoms with Crippen molar-refractivity contribution in [2.75, 3.05) is 17.2 Å². The van der Waals surface area contributed by atoms with E-state index < -0.39 is 5.91 Å². The zero-order chi connectivity index (χ0) is 14.5. The van der Waals surface area contributed by atoms with Crippen LogP contribution in [-0.2, 0) is 11.3 Å². The van der Waals surface area contributed by atoms with Crippen molar-refractivity contribution in [3.63, 3.8) is 0 Å². The molecule has 2 rings (SSSR count). The number of carbonyl (C=O) groups is 1. The molecule has 0 radical (unpaired) electrons. The van der Waals surface area contributed by atoms with Gasteiger partial charge < -0.3 is 16.4 Å². The molecule has 2 aromatic rings. The van der Waals surface area contributed by atoms with E-state index in [2.05, 4.69) is 25.9 Å². The van der Waals surface area contributed by atoms with Crippen LogP contribution >= 0.6 is 15.9 Å². The van der Waals surface area contributed by atoms with Crippen molar-refractivity contribution in [1.82, 2.24) is 9.97 Å². The van der Waals surface area contributed by atoms with E-state index in [0.29, 0.717) is 18.2 Å². The maximum absolute atomic E-state index is 11.2. The predicted molar refractivity (Wildman–Crippen MR) is 80.8 cm³/mol. The fourth-order valence-electron chi connectivity index (χ4n) is 1.74. The number of rotatable bonds is 5. The highest BCUT2D eigenvalue weighted by Crippen LogP contribution is 2.17. The number of amides is 1. The number of carbonyl (C=O) groups excluding carboxylic acids is 1. The summed E-state index contributed by atoms with van der Waals surface area (Å²) in [7, 11) is 0. The molecule has 1 heterocycles. The van der Waals surface area contributed by atoms with E-state index in [1.807, 2.05) is 18.2 Å². The Bertz CT molecular complexity index is 602. The first kappa shape index (κ1) is 14.3. The van der Waals surface area contributed by atoms with Crippen molar-refractivity contribution in [3.8, 4) is 0 Å². The molecule has 0 aliphatic rings. The van der Waals surface area contributed by atoms with Crippen LogP contribution in [0.5, 0.6) is 0 Å². The minimum atomic E-state index is -0.453. The fourth-order valence-corrected chi connectivity index (χ4v) is 1.94. The molecular formula is C13H14BrN5O. The van der Waals surface area contributed by atoms with Gasteiger partial charge in [0.25, 0.3) is 0 Å². The quantitative estimate of drug-likeness (QED) is 0.803. The van der Waals surface area contributed by atoms with Crippen molar-refractivity contribution >= 4 is 33.5 Å². The smallest absolute Gasteiger partial charge is 0.237 e. The van der Waals surface area contributed by atoms with Crippen LogP contribution in [-0.4, -0.2) is 22.4 Å². The molecule has 0 fully saturated rings. The maximum Gasteiger partial charge on any atom is 0.237 e. The Morgan fingerprint density at radius 1 is 1.25 bits per heavy atom. The topological polar surface area (TPSA) is 98.1 Å². The highest BCUT2D eigenvalue weighted by atomic mass is 79.9. The number of primary amides is 1. The van der Waals surface area contributed by atoms with Gasteiger partial charge in [0, 0.05) is 24.6 Å². The Labute approximate surface area is 124 Å². The maximum atomic E-state index is 11.2. The summed E-state index contributed by atoms with van der Waals surface area (Å²) in [6, 6.07) is 7.44. The first-order valence-electron chi connectivity index (χ1n) is 5.90. The molecule has 1 aromatic heterocycles.